The van der Waals surface area contributed by atoms with E-state index in [1.54, 1.807) is 7.11 Å². The Bertz CT molecular complexity index is 483. The van der Waals surface area contributed by atoms with Gasteiger partial charge in [0, 0.05) is 17.9 Å². The lowest BCUT2D eigenvalue weighted by Crippen LogP contribution is -2.28. The van der Waals surface area contributed by atoms with Crippen molar-refractivity contribution in [3.63, 3.8) is 0 Å². The fraction of sp³-hybridized carbons (Fsp3) is 0.588. The summed E-state index contributed by atoms with van der Waals surface area (Å²) in [6.45, 7) is 7.30. The summed E-state index contributed by atoms with van der Waals surface area (Å²) in [5.74, 6) is 2.15. The Balaban J connectivity index is 2.57. The molecule has 0 unspecified atom stereocenters. The normalized spacial score (nSPS) is 11.1. The third kappa shape index (κ3) is 6.14. The second-order valence-electron chi connectivity index (χ2n) is 6.10. The van der Waals surface area contributed by atoms with Crippen LogP contribution in [0.4, 0.5) is 0 Å². The van der Waals surface area contributed by atoms with Crippen molar-refractivity contribution >= 4 is 17.5 Å². The highest BCUT2D eigenvalue weighted by Crippen LogP contribution is 2.34. The Morgan fingerprint density at radius 3 is 2.64 bits per heavy atom. The highest BCUT2D eigenvalue weighted by Gasteiger charge is 2.20. The van der Waals surface area contributed by atoms with E-state index >= 15 is 0 Å². The first kappa shape index (κ1) is 18.6. The topological polar surface area (TPSA) is 47.6 Å². The molecule has 5 heteroatoms. The molecule has 1 amide bonds. The van der Waals surface area contributed by atoms with Gasteiger partial charge in [0.15, 0.2) is 0 Å². The summed E-state index contributed by atoms with van der Waals surface area (Å²) in [6, 6.07) is 5.78. The van der Waals surface area contributed by atoms with E-state index in [0.717, 1.165) is 17.1 Å². The maximum Gasteiger partial charge on any atom is 0.220 e. The number of carbonyl (C=O) groups excluding carboxylic acids is 1. The Hall–Kier alpha value is -1.42. The zero-order valence-electron chi connectivity index (χ0n) is 13.9. The molecule has 1 N–H and O–H groups in total. The Morgan fingerprint density at radius 2 is 2.05 bits per heavy atom. The highest BCUT2D eigenvalue weighted by molar-refractivity contribution is 6.17. The molecule has 0 aliphatic heterocycles. The van der Waals surface area contributed by atoms with Gasteiger partial charge in [0.05, 0.1) is 13.7 Å². The van der Waals surface area contributed by atoms with Crippen molar-refractivity contribution in [2.24, 2.45) is 0 Å². The van der Waals surface area contributed by atoms with Crippen molar-refractivity contribution in [3.05, 3.63) is 23.8 Å². The second kappa shape index (κ2) is 8.89. The molecule has 0 fully saturated rings. The first-order valence-corrected chi connectivity index (χ1v) is 8.06. The second-order valence-corrected chi connectivity index (χ2v) is 6.48. The molecule has 0 spiro atoms. The first-order valence-electron chi connectivity index (χ1n) is 7.52. The van der Waals surface area contributed by atoms with Gasteiger partial charge in [-0.15, -0.1) is 11.6 Å². The van der Waals surface area contributed by atoms with Crippen LogP contribution in [0.5, 0.6) is 11.5 Å². The summed E-state index contributed by atoms with van der Waals surface area (Å²) in [5.41, 5.74) is 1.04. The summed E-state index contributed by atoms with van der Waals surface area (Å²) in [5, 5.41) is 2.82. The summed E-state index contributed by atoms with van der Waals surface area (Å²) in [6.07, 6.45) is 1.15. The van der Waals surface area contributed by atoms with Crippen molar-refractivity contribution in [1.82, 2.24) is 5.32 Å². The van der Waals surface area contributed by atoms with Crippen LogP contribution >= 0.6 is 11.6 Å². The van der Waals surface area contributed by atoms with Crippen LogP contribution in [-0.4, -0.2) is 32.0 Å². The average molecular weight is 328 g/mol. The van der Waals surface area contributed by atoms with Crippen LogP contribution in [0.15, 0.2) is 18.2 Å². The minimum absolute atomic E-state index is 0.00928. The molecule has 4 nitrogen and oxygen atoms in total. The Kier molecular flexibility index (Phi) is 7.52. The smallest absolute Gasteiger partial charge is 0.220 e. The molecule has 1 rings (SSSR count). The molecule has 0 heterocycles. The number of alkyl halides is 1. The summed E-state index contributed by atoms with van der Waals surface area (Å²) in [4.78, 5) is 11.5. The lowest BCUT2D eigenvalue weighted by molar-refractivity contribution is -0.121. The van der Waals surface area contributed by atoms with Crippen molar-refractivity contribution < 1.29 is 14.3 Å². The molecule has 0 aliphatic rings. The van der Waals surface area contributed by atoms with E-state index < -0.39 is 0 Å². The van der Waals surface area contributed by atoms with Gasteiger partial charge >= 0.3 is 0 Å². The van der Waals surface area contributed by atoms with E-state index in [1.807, 2.05) is 18.2 Å². The molecule has 0 aromatic heterocycles. The van der Waals surface area contributed by atoms with Gasteiger partial charge in [-0.25, -0.2) is 0 Å². The Labute approximate surface area is 138 Å². The summed E-state index contributed by atoms with van der Waals surface area (Å²) >= 11 is 5.56. The predicted octanol–water partition coefficient (Wildman–Crippen LogP) is 3.51. The first-order chi connectivity index (χ1) is 10.4. The number of methoxy groups -OCH3 is 1. The molecule has 0 aliphatic carbocycles. The molecule has 124 valence electrons. The van der Waals surface area contributed by atoms with E-state index in [2.05, 4.69) is 26.1 Å². The fourth-order valence-corrected chi connectivity index (χ4v) is 2.15. The zero-order valence-corrected chi connectivity index (χ0v) is 14.6. The standard InChI is InChI=1S/C17H26ClNO3/c1-17(2,3)14-12-13(21-4)7-8-15(14)22-11-10-19-16(20)6-5-9-18/h7-8,12H,5-6,9-11H2,1-4H3,(H,19,20). The van der Waals surface area contributed by atoms with Gasteiger partial charge in [0.25, 0.3) is 0 Å². The van der Waals surface area contributed by atoms with E-state index in [0.29, 0.717) is 31.9 Å². The molecule has 0 radical (unpaired) electrons. The van der Waals surface area contributed by atoms with Crippen LogP contribution in [0.3, 0.4) is 0 Å². The molecular weight excluding hydrogens is 302 g/mol. The van der Waals surface area contributed by atoms with E-state index in [9.17, 15) is 4.79 Å². The molecular formula is C17H26ClNO3. The number of carbonyl (C=O) groups is 1. The molecule has 0 saturated heterocycles. The van der Waals surface area contributed by atoms with E-state index in [1.165, 1.54) is 0 Å². The molecule has 1 aromatic rings. The molecule has 0 saturated carbocycles. The third-order valence-corrected chi connectivity index (χ3v) is 3.48. The van der Waals surface area contributed by atoms with Gasteiger partial charge < -0.3 is 14.8 Å². The van der Waals surface area contributed by atoms with Crippen LogP contribution in [0.2, 0.25) is 0 Å². The van der Waals surface area contributed by atoms with Gasteiger partial charge in [-0.05, 0) is 30.0 Å². The number of halogens is 1. The van der Waals surface area contributed by atoms with Crippen LogP contribution in [0.1, 0.15) is 39.2 Å². The van der Waals surface area contributed by atoms with Gasteiger partial charge in [0.2, 0.25) is 5.91 Å². The number of benzene rings is 1. The van der Waals surface area contributed by atoms with E-state index in [-0.39, 0.29) is 11.3 Å². The number of hydrogen-bond donors (Lipinski definition) is 1. The zero-order chi connectivity index (χ0) is 16.6. The largest absolute Gasteiger partial charge is 0.497 e. The van der Waals surface area contributed by atoms with Crippen molar-refractivity contribution in [2.45, 2.75) is 39.0 Å². The maximum absolute atomic E-state index is 11.5. The predicted molar refractivity (Wildman–Crippen MR) is 90.2 cm³/mol. The Morgan fingerprint density at radius 1 is 1.32 bits per heavy atom. The van der Waals surface area contributed by atoms with Crippen LogP contribution in [0.25, 0.3) is 0 Å². The number of ether oxygens (including phenoxy) is 2. The minimum Gasteiger partial charge on any atom is -0.497 e. The number of hydrogen-bond acceptors (Lipinski definition) is 3. The quantitative estimate of drug-likeness (QED) is 0.587. The lowest BCUT2D eigenvalue weighted by atomic mass is 9.86. The van der Waals surface area contributed by atoms with Crippen LogP contribution in [0, 0.1) is 0 Å². The van der Waals surface area contributed by atoms with Gasteiger partial charge in [-0.1, -0.05) is 20.8 Å². The monoisotopic (exact) mass is 327 g/mol. The maximum atomic E-state index is 11.5. The highest BCUT2D eigenvalue weighted by atomic mass is 35.5. The molecule has 1 aromatic carbocycles. The molecule has 22 heavy (non-hydrogen) atoms. The van der Waals surface area contributed by atoms with Crippen molar-refractivity contribution in [2.75, 3.05) is 26.1 Å². The van der Waals surface area contributed by atoms with Gasteiger partial charge in [-0.2, -0.15) is 0 Å². The molecule has 0 atom stereocenters. The number of nitrogens with one attached hydrogen (secondary N) is 1. The number of rotatable bonds is 8. The molecule has 0 bridgehead atoms. The minimum atomic E-state index is -0.0481. The fourth-order valence-electron chi connectivity index (χ4n) is 2.02. The van der Waals surface area contributed by atoms with Crippen LogP contribution < -0.4 is 14.8 Å². The van der Waals surface area contributed by atoms with Gasteiger partial charge in [-0.3, -0.25) is 4.79 Å². The van der Waals surface area contributed by atoms with Crippen molar-refractivity contribution in [1.29, 1.82) is 0 Å². The van der Waals surface area contributed by atoms with Gasteiger partial charge in [0.1, 0.15) is 18.1 Å². The average Bonchev–Trinajstić information content (AvgIpc) is 2.48. The van der Waals surface area contributed by atoms with Crippen LogP contribution in [-0.2, 0) is 10.2 Å². The van der Waals surface area contributed by atoms with Crippen molar-refractivity contribution in [3.8, 4) is 11.5 Å². The number of amides is 1. The third-order valence-electron chi connectivity index (χ3n) is 3.21. The lowest BCUT2D eigenvalue weighted by Gasteiger charge is -2.23. The SMILES string of the molecule is COc1ccc(OCCNC(=O)CCCCl)c(C(C)(C)C)c1. The summed E-state index contributed by atoms with van der Waals surface area (Å²) in [7, 11) is 1.65. The van der Waals surface area contributed by atoms with E-state index in [4.69, 9.17) is 21.1 Å². The summed E-state index contributed by atoms with van der Waals surface area (Å²) < 4.78 is 11.1.